The quantitative estimate of drug-likeness (QED) is 0.283. The topological polar surface area (TPSA) is 130 Å². The van der Waals surface area contributed by atoms with Crippen molar-refractivity contribution in [1.82, 2.24) is 14.9 Å². The predicted octanol–water partition coefficient (Wildman–Crippen LogP) is 5.26. The molecule has 9 nitrogen and oxygen atoms in total. The van der Waals surface area contributed by atoms with Crippen LogP contribution >= 0.6 is 0 Å². The Bertz CT molecular complexity index is 1450. The van der Waals surface area contributed by atoms with Gasteiger partial charge >= 0.3 is 5.97 Å². The minimum atomic E-state index is -1.17. The summed E-state index contributed by atoms with van der Waals surface area (Å²) in [4.78, 5) is 33.6. The normalized spacial score (nSPS) is 14.9. The molecule has 1 aliphatic rings. The lowest BCUT2D eigenvalue weighted by Gasteiger charge is -2.25. The van der Waals surface area contributed by atoms with Gasteiger partial charge < -0.3 is 24.5 Å². The van der Waals surface area contributed by atoms with E-state index in [9.17, 15) is 19.8 Å². The second-order valence-corrected chi connectivity index (χ2v) is 9.36. The Morgan fingerprint density at radius 1 is 1.16 bits per heavy atom. The van der Waals surface area contributed by atoms with Gasteiger partial charge in [0, 0.05) is 18.0 Å². The van der Waals surface area contributed by atoms with E-state index in [0.29, 0.717) is 22.7 Å². The second-order valence-electron chi connectivity index (χ2n) is 9.36. The maximum atomic E-state index is 13.1. The van der Waals surface area contributed by atoms with Gasteiger partial charge in [-0.2, -0.15) is 0 Å². The van der Waals surface area contributed by atoms with Crippen molar-refractivity contribution in [3.8, 4) is 17.1 Å². The number of carboxylic acids is 1. The smallest absolute Gasteiger partial charge is 0.326 e. The lowest BCUT2D eigenvalue weighted by molar-refractivity contribution is -0.139. The fourth-order valence-electron chi connectivity index (χ4n) is 5.04. The highest BCUT2D eigenvalue weighted by Crippen LogP contribution is 2.36. The highest BCUT2D eigenvalue weighted by Gasteiger charge is 2.25. The van der Waals surface area contributed by atoms with E-state index in [1.807, 2.05) is 12.1 Å². The van der Waals surface area contributed by atoms with Gasteiger partial charge in [-0.1, -0.05) is 25.3 Å². The van der Waals surface area contributed by atoms with Crippen LogP contribution in [0.2, 0.25) is 0 Å². The Hall–Kier alpha value is -4.40. The van der Waals surface area contributed by atoms with Crippen molar-refractivity contribution in [2.24, 2.45) is 4.99 Å². The molecule has 1 saturated carbocycles. The molecule has 0 bridgehead atoms. The summed E-state index contributed by atoms with van der Waals surface area (Å²) in [6.07, 6.45) is 9.00. The number of carbonyl (C=O) groups is 2. The Morgan fingerprint density at radius 2 is 1.97 bits per heavy atom. The highest BCUT2D eigenvalue weighted by molar-refractivity contribution is 5.99. The summed E-state index contributed by atoms with van der Waals surface area (Å²) in [5, 5.41) is 22.2. The largest absolute Gasteiger partial charge is 0.506 e. The van der Waals surface area contributed by atoms with Crippen molar-refractivity contribution in [1.29, 1.82) is 0 Å². The van der Waals surface area contributed by atoms with Crippen LogP contribution in [0.1, 0.15) is 54.1 Å². The fraction of sp³-hybridized carbons (Fsp3) is 0.286. The van der Waals surface area contributed by atoms with Gasteiger partial charge in [-0.25, -0.2) is 9.78 Å². The second kappa shape index (κ2) is 10.3. The first kappa shape index (κ1) is 24.3. The molecular formula is C28H28N4O5. The van der Waals surface area contributed by atoms with Crippen LogP contribution in [0.5, 0.6) is 5.75 Å². The molecule has 1 fully saturated rings. The van der Waals surface area contributed by atoms with Gasteiger partial charge in [-0.05, 0) is 61.5 Å². The monoisotopic (exact) mass is 500 g/mol. The number of hydrogen-bond donors (Lipinski definition) is 3. The van der Waals surface area contributed by atoms with Gasteiger partial charge in [-0.3, -0.25) is 9.79 Å². The van der Waals surface area contributed by atoms with Crippen LogP contribution in [-0.4, -0.2) is 44.4 Å². The Kier molecular flexibility index (Phi) is 6.76. The summed E-state index contributed by atoms with van der Waals surface area (Å²) in [5.74, 6) is -0.923. The number of carbonyl (C=O) groups excluding carboxylic acids is 1. The molecular weight excluding hydrogens is 472 g/mol. The number of aliphatic imine (C=N–C) groups is 1. The molecule has 4 aromatic rings. The SMILES string of the molecule is C=Nc1cc(C[C@H](NC(=O)c2ccc3c(c2)nc(-c2ccoc2)n3C2CCCCC2)C(=O)O)ccc1O. The first-order valence-corrected chi connectivity index (χ1v) is 12.3. The number of carboxylic acid groups (broad SMARTS) is 1. The molecule has 1 aliphatic carbocycles. The molecule has 1 atom stereocenters. The minimum absolute atomic E-state index is 0.0209. The van der Waals surface area contributed by atoms with E-state index in [1.165, 1.54) is 12.5 Å². The van der Waals surface area contributed by atoms with Gasteiger partial charge in [-0.15, -0.1) is 0 Å². The zero-order chi connectivity index (χ0) is 25.9. The third-order valence-corrected chi connectivity index (χ3v) is 6.92. The van der Waals surface area contributed by atoms with Crippen molar-refractivity contribution < 1.29 is 24.2 Å². The lowest BCUT2D eigenvalue weighted by Crippen LogP contribution is -2.42. The van der Waals surface area contributed by atoms with E-state index >= 15 is 0 Å². The van der Waals surface area contributed by atoms with Crippen molar-refractivity contribution in [3.63, 3.8) is 0 Å². The Morgan fingerprint density at radius 3 is 2.68 bits per heavy atom. The number of nitrogens with zero attached hydrogens (tertiary/aromatic N) is 3. The number of benzene rings is 2. The van der Waals surface area contributed by atoms with E-state index in [2.05, 4.69) is 21.6 Å². The maximum absolute atomic E-state index is 13.1. The molecule has 0 radical (unpaired) electrons. The molecule has 9 heteroatoms. The number of aromatic nitrogens is 2. The van der Waals surface area contributed by atoms with Crippen molar-refractivity contribution >= 4 is 35.3 Å². The molecule has 0 aliphatic heterocycles. The van der Waals surface area contributed by atoms with Crippen molar-refractivity contribution in [3.05, 3.63) is 66.1 Å². The number of phenols is 1. The van der Waals surface area contributed by atoms with Crippen LogP contribution in [-0.2, 0) is 11.2 Å². The summed E-state index contributed by atoms with van der Waals surface area (Å²) in [6.45, 7) is 3.40. The van der Waals surface area contributed by atoms with E-state index in [4.69, 9.17) is 9.40 Å². The number of aromatic hydroxyl groups is 1. The van der Waals surface area contributed by atoms with Gasteiger partial charge in [0.15, 0.2) is 0 Å². The van der Waals surface area contributed by atoms with E-state index < -0.39 is 17.9 Å². The Balaban J connectivity index is 1.43. The summed E-state index contributed by atoms with van der Waals surface area (Å²) < 4.78 is 7.56. The first-order chi connectivity index (χ1) is 17.9. The first-order valence-electron chi connectivity index (χ1n) is 12.3. The molecule has 37 heavy (non-hydrogen) atoms. The van der Waals surface area contributed by atoms with Gasteiger partial charge in [0.1, 0.15) is 29.6 Å². The molecule has 0 saturated heterocycles. The zero-order valence-electron chi connectivity index (χ0n) is 20.3. The van der Waals surface area contributed by atoms with Gasteiger partial charge in [0.05, 0.1) is 22.9 Å². The van der Waals surface area contributed by atoms with Crippen LogP contribution in [0.4, 0.5) is 5.69 Å². The van der Waals surface area contributed by atoms with Gasteiger partial charge in [0.25, 0.3) is 5.91 Å². The molecule has 1 amide bonds. The van der Waals surface area contributed by atoms with Crippen molar-refractivity contribution in [2.45, 2.75) is 50.6 Å². The average Bonchev–Trinajstić information content (AvgIpc) is 3.57. The number of furan rings is 1. The fourth-order valence-corrected chi connectivity index (χ4v) is 5.04. The van der Waals surface area contributed by atoms with E-state index in [-0.39, 0.29) is 17.9 Å². The van der Waals surface area contributed by atoms with Crippen LogP contribution in [0.15, 0.2) is 64.4 Å². The summed E-state index contributed by atoms with van der Waals surface area (Å²) >= 11 is 0. The number of imidazole rings is 1. The number of amides is 1. The Labute approximate surface area is 213 Å². The maximum Gasteiger partial charge on any atom is 0.326 e. The molecule has 190 valence electrons. The van der Waals surface area contributed by atoms with Crippen LogP contribution in [0.3, 0.4) is 0 Å². The molecule has 5 rings (SSSR count). The molecule has 2 aromatic heterocycles. The number of nitrogens with one attached hydrogen (secondary N) is 1. The summed E-state index contributed by atoms with van der Waals surface area (Å²) in [7, 11) is 0. The van der Waals surface area contributed by atoms with E-state index in [0.717, 1.165) is 42.6 Å². The predicted molar refractivity (Wildman–Crippen MR) is 139 cm³/mol. The molecule has 0 unspecified atom stereocenters. The third kappa shape index (κ3) is 4.97. The lowest BCUT2D eigenvalue weighted by atomic mass is 9.95. The van der Waals surface area contributed by atoms with Crippen LogP contribution in [0, 0.1) is 0 Å². The number of hydrogen-bond acceptors (Lipinski definition) is 6. The molecule has 0 spiro atoms. The van der Waals surface area contributed by atoms with Gasteiger partial charge in [0.2, 0.25) is 0 Å². The number of rotatable bonds is 8. The molecule has 2 heterocycles. The van der Waals surface area contributed by atoms with Crippen molar-refractivity contribution in [2.75, 3.05) is 0 Å². The standard InChI is InChI=1S/C28H28N4O5/c1-29-22-13-17(7-10-25(22)33)14-23(28(35)36)31-27(34)18-8-9-24-21(15-18)30-26(19-11-12-37-16-19)32(24)20-5-3-2-4-6-20/h7-13,15-16,20,23,33H,1-6,14H2,(H,31,34)(H,35,36)/t23-/m0/s1. The van der Waals surface area contributed by atoms with Crippen LogP contribution < -0.4 is 5.32 Å². The number of aliphatic carboxylic acids is 1. The minimum Gasteiger partial charge on any atom is -0.506 e. The number of fused-ring (bicyclic) bond motifs is 1. The summed E-state index contributed by atoms with van der Waals surface area (Å²) in [5.41, 5.74) is 3.65. The molecule has 2 aromatic carbocycles. The molecule has 3 N–H and O–H groups in total. The third-order valence-electron chi connectivity index (χ3n) is 6.92. The van der Waals surface area contributed by atoms with Crippen LogP contribution in [0.25, 0.3) is 22.4 Å². The van der Waals surface area contributed by atoms with E-state index in [1.54, 1.807) is 36.8 Å². The average molecular weight is 501 g/mol. The zero-order valence-corrected chi connectivity index (χ0v) is 20.3. The number of phenolic OH excluding ortho intramolecular Hbond substituents is 1. The summed E-state index contributed by atoms with van der Waals surface area (Å²) in [6, 6.07) is 10.9. The highest BCUT2D eigenvalue weighted by atomic mass is 16.4.